The molecule has 0 aliphatic carbocycles. The molecule has 0 aromatic carbocycles. The SMILES string of the molecule is COC(=O)c1ccc(CC2CCNCC2)nc1. The first-order valence-electron chi connectivity index (χ1n) is 6.03. The van der Waals surface area contributed by atoms with Crippen LogP contribution in [0.25, 0.3) is 0 Å². The van der Waals surface area contributed by atoms with Crippen LogP contribution in [0.15, 0.2) is 18.3 Å². The van der Waals surface area contributed by atoms with E-state index in [1.54, 1.807) is 12.3 Å². The van der Waals surface area contributed by atoms with Crippen molar-refractivity contribution in [3.05, 3.63) is 29.6 Å². The van der Waals surface area contributed by atoms with Gasteiger partial charge in [-0.1, -0.05) is 0 Å². The van der Waals surface area contributed by atoms with E-state index in [-0.39, 0.29) is 5.97 Å². The van der Waals surface area contributed by atoms with Gasteiger partial charge in [-0.2, -0.15) is 0 Å². The highest BCUT2D eigenvalue weighted by Gasteiger charge is 2.14. The molecule has 0 bridgehead atoms. The fraction of sp³-hybridized carbons (Fsp3) is 0.538. The molecule has 0 saturated carbocycles. The van der Waals surface area contributed by atoms with Crippen LogP contribution in [-0.4, -0.2) is 31.2 Å². The van der Waals surface area contributed by atoms with E-state index in [0.29, 0.717) is 11.5 Å². The highest BCUT2D eigenvalue weighted by molar-refractivity contribution is 5.88. The average Bonchev–Trinajstić information content (AvgIpc) is 2.40. The Kier molecular flexibility index (Phi) is 4.09. The normalized spacial score (nSPS) is 16.8. The number of nitrogens with one attached hydrogen (secondary N) is 1. The average molecular weight is 234 g/mol. The van der Waals surface area contributed by atoms with Crippen molar-refractivity contribution in [2.45, 2.75) is 19.3 Å². The Bertz CT molecular complexity index is 370. The third-order valence-corrected chi connectivity index (χ3v) is 3.20. The smallest absolute Gasteiger partial charge is 0.339 e. The number of ether oxygens (including phenoxy) is 1. The van der Waals surface area contributed by atoms with Crippen molar-refractivity contribution < 1.29 is 9.53 Å². The molecule has 0 unspecified atom stereocenters. The van der Waals surface area contributed by atoms with Crippen molar-refractivity contribution in [3.8, 4) is 0 Å². The topological polar surface area (TPSA) is 51.2 Å². The van der Waals surface area contributed by atoms with Crippen molar-refractivity contribution in [1.82, 2.24) is 10.3 Å². The molecule has 1 aromatic rings. The number of hydrogen-bond donors (Lipinski definition) is 1. The van der Waals surface area contributed by atoms with Gasteiger partial charge in [0.05, 0.1) is 12.7 Å². The molecule has 4 nitrogen and oxygen atoms in total. The van der Waals surface area contributed by atoms with E-state index >= 15 is 0 Å². The van der Waals surface area contributed by atoms with Gasteiger partial charge in [0.1, 0.15) is 0 Å². The maximum Gasteiger partial charge on any atom is 0.339 e. The number of pyridine rings is 1. The van der Waals surface area contributed by atoms with Crippen molar-refractivity contribution in [2.75, 3.05) is 20.2 Å². The number of esters is 1. The summed E-state index contributed by atoms with van der Waals surface area (Å²) in [5.74, 6) is 0.388. The molecule has 17 heavy (non-hydrogen) atoms. The summed E-state index contributed by atoms with van der Waals surface area (Å²) in [7, 11) is 1.38. The molecule has 1 aliphatic rings. The predicted molar refractivity (Wildman–Crippen MR) is 64.9 cm³/mol. The second kappa shape index (κ2) is 5.77. The van der Waals surface area contributed by atoms with Crippen LogP contribution >= 0.6 is 0 Å². The molecule has 1 N–H and O–H groups in total. The summed E-state index contributed by atoms with van der Waals surface area (Å²) < 4.78 is 4.64. The molecule has 1 saturated heterocycles. The van der Waals surface area contributed by atoms with Crippen LogP contribution in [-0.2, 0) is 11.2 Å². The van der Waals surface area contributed by atoms with Gasteiger partial charge in [0.15, 0.2) is 0 Å². The van der Waals surface area contributed by atoms with E-state index in [0.717, 1.165) is 25.2 Å². The second-order valence-electron chi connectivity index (χ2n) is 4.43. The summed E-state index contributed by atoms with van der Waals surface area (Å²) in [5.41, 5.74) is 1.58. The molecule has 0 atom stereocenters. The molecule has 1 fully saturated rings. The van der Waals surface area contributed by atoms with Crippen LogP contribution in [0.1, 0.15) is 28.9 Å². The lowest BCUT2D eigenvalue weighted by molar-refractivity contribution is 0.0600. The zero-order valence-electron chi connectivity index (χ0n) is 10.1. The molecular formula is C13H18N2O2. The van der Waals surface area contributed by atoms with Crippen LogP contribution in [0.3, 0.4) is 0 Å². The van der Waals surface area contributed by atoms with Gasteiger partial charge in [-0.25, -0.2) is 4.79 Å². The zero-order valence-corrected chi connectivity index (χ0v) is 10.1. The number of rotatable bonds is 3. The van der Waals surface area contributed by atoms with Gasteiger partial charge in [-0.05, 0) is 50.4 Å². The Morgan fingerprint density at radius 1 is 1.47 bits per heavy atom. The van der Waals surface area contributed by atoms with Crippen LogP contribution in [0.2, 0.25) is 0 Å². The number of hydrogen-bond acceptors (Lipinski definition) is 4. The number of piperidine rings is 1. The summed E-state index contributed by atoms with van der Waals surface area (Å²) in [5, 5.41) is 3.35. The summed E-state index contributed by atoms with van der Waals surface area (Å²) in [4.78, 5) is 15.6. The number of nitrogens with zero attached hydrogens (tertiary/aromatic N) is 1. The van der Waals surface area contributed by atoms with Gasteiger partial charge in [-0.15, -0.1) is 0 Å². The number of carbonyl (C=O) groups excluding carboxylic acids is 1. The van der Waals surface area contributed by atoms with E-state index in [1.807, 2.05) is 6.07 Å². The molecule has 1 aliphatic heterocycles. The van der Waals surface area contributed by atoms with Crippen LogP contribution in [0, 0.1) is 5.92 Å². The molecule has 1 aromatic heterocycles. The highest BCUT2D eigenvalue weighted by atomic mass is 16.5. The minimum absolute atomic E-state index is 0.328. The summed E-state index contributed by atoms with van der Waals surface area (Å²) >= 11 is 0. The van der Waals surface area contributed by atoms with E-state index in [4.69, 9.17) is 0 Å². The first-order chi connectivity index (χ1) is 8.29. The van der Waals surface area contributed by atoms with E-state index in [1.165, 1.54) is 20.0 Å². The Morgan fingerprint density at radius 2 is 2.24 bits per heavy atom. The van der Waals surface area contributed by atoms with Crippen molar-refractivity contribution >= 4 is 5.97 Å². The molecule has 4 heteroatoms. The molecule has 0 amide bonds. The van der Waals surface area contributed by atoms with Gasteiger partial charge in [-0.3, -0.25) is 4.98 Å². The highest BCUT2D eigenvalue weighted by Crippen LogP contribution is 2.16. The van der Waals surface area contributed by atoms with Crippen LogP contribution < -0.4 is 5.32 Å². The predicted octanol–water partition coefficient (Wildman–Crippen LogP) is 1.41. The van der Waals surface area contributed by atoms with E-state index in [2.05, 4.69) is 15.0 Å². The number of aromatic nitrogens is 1. The van der Waals surface area contributed by atoms with Gasteiger partial charge < -0.3 is 10.1 Å². The Hall–Kier alpha value is -1.42. The van der Waals surface area contributed by atoms with Crippen molar-refractivity contribution in [1.29, 1.82) is 0 Å². The summed E-state index contributed by atoms with van der Waals surface area (Å²) in [6, 6.07) is 3.71. The number of methoxy groups -OCH3 is 1. The van der Waals surface area contributed by atoms with Gasteiger partial charge in [0.2, 0.25) is 0 Å². The van der Waals surface area contributed by atoms with Crippen LogP contribution in [0.4, 0.5) is 0 Å². The minimum Gasteiger partial charge on any atom is -0.465 e. The lowest BCUT2D eigenvalue weighted by atomic mass is 9.93. The van der Waals surface area contributed by atoms with Crippen molar-refractivity contribution in [3.63, 3.8) is 0 Å². The summed E-state index contributed by atoms with van der Waals surface area (Å²) in [6.45, 7) is 2.20. The molecule has 2 heterocycles. The molecule has 2 rings (SSSR count). The largest absolute Gasteiger partial charge is 0.465 e. The van der Waals surface area contributed by atoms with Gasteiger partial charge >= 0.3 is 5.97 Å². The summed E-state index contributed by atoms with van der Waals surface area (Å²) in [6.07, 6.45) is 5.02. The van der Waals surface area contributed by atoms with Gasteiger partial charge in [0, 0.05) is 11.9 Å². The molecule has 0 spiro atoms. The zero-order chi connectivity index (χ0) is 12.1. The molecule has 92 valence electrons. The van der Waals surface area contributed by atoms with Crippen molar-refractivity contribution in [2.24, 2.45) is 5.92 Å². The fourth-order valence-corrected chi connectivity index (χ4v) is 2.17. The Labute approximate surface area is 101 Å². The minimum atomic E-state index is -0.328. The third kappa shape index (κ3) is 3.27. The first-order valence-corrected chi connectivity index (χ1v) is 6.03. The Balaban J connectivity index is 1.95. The van der Waals surface area contributed by atoms with E-state index < -0.39 is 0 Å². The maximum absolute atomic E-state index is 11.2. The van der Waals surface area contributed by atoms with E-state index in [9.17, 15) is 4.79 Å². The molecular weight excluding hydrogens is 216 g/mol. The second-order valence-corrected chi connectivity index (χ2v) is 4.43. The quantitative estimate of drug-likeness (QED) is 0.803. The third-order valence-electron chi connectivity index (χ3n) is 3.20. The fourth-order valence-electron chi connectivity index (χ4n) is 2.17. The lowest BCUT2D eigenvalue weighted by Crippen LogP contribution is -2.28. The standard InChI is InChI=1S/C13H18N2O2/c1-17-13(16)11-2-3-12(15-9-11)8-10-4-6-14-7-5-10/h2-3,9-10,14H,4-8H2,1H3. The van der Waals surface area contributed by atoms with Crippen LogP contribution in [0.5, 0.6) is 0 Å². The number of carbonyl (C=O) groups is 1. The first kappa shape index (κ1) is 12.0. The monoisotopic (exact) mass is 234 g/mol. The lowest BCUT2D eigenvalue weighted by Gasteiger charge is -2.22. The molecule has 0 radical (unpaired) electrons. The Morgan fingerprint density at radius 3 is 2.82 bits per heavy atom. The van der Waals surface area contributed by atoms with Gasteiger partial charge in [0.25, 0.3) is 0 Å². The maximum atomic E-state index is 11.2.